The molecule has 0 saturated carbocycles. The molecule has 0 aliphatic carbocycles. The fourth-order valence-corrected chi connectivity index (χ4v) is 13.1. The maximum atomic E-state index is 6.68. The van der Waals surface area contributed by atoms with Crippen LogP contribution in [0.1, 0.15) is 0 Å². The van der Waals surface area contributed by atoms with Gasteiger partial charge in [0, 0.05) is 84.9 Å². The molecule has 0 unspecified atom stereocenters. The molecule has 17 rings (SSSR count). The normalized spacial score (nSPS) is 11.7. The van der Waals surface area contributed by atoms with Gasteiger partial charge in [0.2, 0.25) is 0 Å². The summed E-state index contributed by atoms with van der Waals surface area (Å²) in [7, 11) is 0. The van der Waals surface area contributed by atoms with Gasteiger partial charge in [-0.25, -0.2) is 4.98 Å². The van der Waals surface area contributed by atoms with Crippen molar-refractivity contribution in [2.45, 2.75) is 0 Å². The van der Waals surface area contributed by atoms with Gasteiger partial charge < -0.3 is 13.9 Å². The number of ether oxygens (including phenoxy) is 1. The lowest BCUT2D eigenvalue weighted by atomic mass is 9.97. The highest BCUT2D eigenvalue weighted by atomic mass is 16.5. The lowest BCUT2D eigenvalue weighted by Crippen LogP contribution is -1.96. The van der Waals surface area contributed by atoms with Crippen molar-refractivity contribution in [2.75, 3.05) is 0 Å². The first-order valence-electron chi connectivity index (χ1n) is 29.0. The van der Waals surface area contributed by atoms with E-state index in [1.807, 2.05) is 67.1 Å². The number of benzene rings is 11. The molecule has 17 aromatic rings. The van der Waals surface area contributed by atoms with Gasteiger partial charge in [0.1, 0.15) is 17.3 Å². The molecule has 11 aromatic carbocycles. The van der Waals surface area contributed by atoms with Crippen LogP contribution in [0.5, 0.6) is 11.5 Å². The molecule has 6 aromatic heterocycles. The smallest absolute Gasteiger partial charge is 0.137 e. The topological polar surface area (TPSA) is 62.7 Å². The van der Waals surface area contributed by atoms with Crippen molar-refractivity contribution >= 4 is 76.2 Å². The van der Waals surface area contributed by atoms with Crippen LogP contribution in [0, 0.1) is 0 Å². The van der Waals surface area contributed by atoms with Crippen molar-refractivity contribution < 1.29 is 4.74 Å². The van der Waals surface area contributed by atoms with E-state index in [0.29, 0.717) is 0 Å². The fraction of sp³-hybridized carbons (Fsp3) is 0. The Balaban J connectivity index is 0.694. The monoisotopic (exact) mass is 1100 g/mol. The van der Waals surface area contributed by atoms with Crippen LogP contribution in [0.3, 0.4) is 0 Å². The highest BCUT2D eigenvalue weighted by Gasteiger charge is 2.19. The number of para-hydroxylation sites is 3. The Morgan fingerprint density at radius 1 is 0.244 bits per heavy atom. The second-order valence-corrected chi connectivity index (χ2v) is 22.0. The maximum absolute atomic E-state index is 6.68. The van der Waals surface area contributed by atoms with Crippen molar-refractivity contribution in [1.29, 1.82) is 0 Å². The molecule has 6 heterocycles. The lowest BCUT2D eigenvalue weighted by Gasteiger charge is -2.13. The van der Waals surface area contributed by atoms with Crippen LogP contribution >= 0.6 is 0 Å². The predicted octanol–water partition coefficient (Wildman–Crippen LogP) is 20.4. The summed E-state index contributed by atoms with van der Waals surface area (Å²) in [5.74, 6) is 2.33. The number of aromatic nitrogens is 6. The third-order valence-corrected chi connectivity index (χ3v) is 17.0. The first-order valence-corrected chi connectivity index (χ1v) is 29.0. The van der Waals surface area contributed by atoms with E-state index in [4.69, 9.17) is 14.7 Å². The lowest BCUT2D eigenvalue weighted by molar-refractivity contribution is 0.483. The molecule has 402 valence electrons. The molecule has 86 heavy (non-hydrogen) atoms. The van der Waals surface area contributed by atoms with E-state index in [0.717, 1.165) is 123 Å². The number of fused-ring (bicyclic) bond motifs is 10. The van der Waals surface area contributed by atoms with Crippen molar-refractivity contribution in [3.63, 3.8) is 0 Å². The Kier molecular flexibility index (Phi) is 11.4. The first-order chi connectivity index (χ1) is 42.6. The summed E-state index contributed by atoms with van der Waals surface area (Å²) in [5.41, 5.74) is 19.8. The van der Waals surface area contributed by atoms with Crippen molar-refractivity contribution in [1.82, 2.24) is 28.7 Å². The summed E-state index contributed by atoms with van der Waals surface area (Å²) in [5, 5.41) is 9.32. The van der Waals surface area contributed by atoms with Crippen LogP contribution in [-0.2, 0) is 0 Å². The molecular weight excluding hydrogens is 1050 g/mol. The standard InChI is InChI=1S/C79H50N6O/c1-6-29-74-64(23-1)67-36-35-63(50-77(67)85(74)78-30-8-10-41-81-78)86-62-22-14-19-59(46-62)79-68-47-55(32-31-51(68)39-42-82-79)57-34-38-76-70(49-57)66-25-3-5-28-73(66)84(76)61-21-13-17-54(45-61)53-16-12-20-60(44-53)83-72-27-4-2-24-65(72)69-48-56(33-37-75(69)83)52-15-11-18-58(43-52)71-26-7-9-40-80-71/h1-50H. The number of hydrogen-bond donors (Lipinski definition) is 0. The largest absolute Gasteiger partial charge is 0.457 e. The number of nitrogens with zero attached hydrogens (tertiary/aromatic N) is 6. The van der Waals surface area contributed by atoms with Crippen LogP contribution in [0.25, 0.3) is 149 Å². The van der Waals surface area contributed by atoms with E-state index in [1.54, 1.807) is 0 Å². The Morgan fingerprint density at radius 3 is 1.40 bits per heavy atom. The van der Waals surface area contributed by atoms with Crippen LogP contribution in [0.15, 0.2) is 304 Å². The van der Waals surface area contributed by atoms with Crippen LogP contribution in [0.2, 0.25) is 0 Å². The van der Waals surface area contributed by atoms with Crippen molar-refractivity contribution in [3.05, 3.63) is 304 Å². The molecule has 0 amide bonds. The minimum atomic E-state index is 0.729. The SMILES string of the molecule is c1ccc(-c2cccc(-c3ccc4c(c3)c3ccccc3n4-c3cccc(-c4cccc(-n5c6ccccc6c6cc(-c7ccc8ccnc(-c9cccc(Oc%10ccc%11c%12ccccc%12n(-c%12ccccn%12)c%11c%10)c9)c8c7)ccc65)c4)c3)c2)nc1. The van der Waals surface area contributed by atoms with Gasteiger partial charge in [-0.3, -0.25) is 14.5 Å². The summed E-state index contributed by atoms with van der Waals surface area (Å²) in [6, 6.07) is 102. The summed E-state index contributed by atoms with van der Waals surface area (Å²) in [4.78, 5) is 14.4. The van der Waals surface area contributed by atoms with Gasteiger partial charge in [-0.1, -0.05) is 146 Å². The van der Waals surface area contributed by atoms with Crippen LogP contribution in [0.4, 0.5) is 0 Å². The summed E-state index contributed by atoms with van der Waals surface area (Å²) >= 11 is 0. The van der Waals surface area contributed by atoms with E-state index in [2.05, 4.69) is 255 Å². The van der Waals surface area contributed by atoms with E-state index in [1.165, 1.54) is 38.0 Å². The Hall–Kier alpha value is -11.7. The summed E-state index contributed by atoms with van der Waals surface area (Å²) < 4.78 is 13.7. The molecule has 0 atom stereocenters. The van der Waals surface area contributed by atoms with Gasteiger partial charge in [-0.15, -0.1) is 0 Å². The molecule has 0 saturated heterocycles. The van der Waals surface area contributed by atoms with Crippen LogP contribution in [-0.4, -0.2) is 28.7 Å². The third-order valence-electron chi connectivity index (χ3n) is 17.0. The summed E-state index contributed by atoms with van der Waals surface area (Å²) in [6.45, 7) is 0. The zero-order valence-electron chi connectivity index (χ0n) is 46.5. The average Bonchev–Trinajstić information content (AvgIpc) is 2.51. The zero-order chi connectivity index (χ0) is 56.7. The second-order valence-electron chi connectivity index (χ2n) is 22.0. The fourth-order valence-electron chi connectivity index (χ4n) is 13.1. The zero-order valence-corrected chi connectivity index (χ0v) is 46.5. The molecule has 0 bridgehead atoms. The van der Waals surface area contributed by atoms with Gasteiger partial charge in [0.25, 0.3) is 0 Å². The first kappa shape index (κ1) is 49.0. The highest BCUT2D eigenvalue weighted by molar-refractivity contribution is 6.13. The highest BCUT2D eigenvalue weighted by Crippen LogP contribution is 2.41. The molecule has 0 fully saturated rings. The van der Waals surface area contributed by atoms with Crippen molar-refractivity contribution in [3.8, 4) is 84.6 Å². The van der Waals surface area contributed by atoms with Gasteiger partial charge in [0.05, 0.1) is 44.5 Å². The Morgan fingerprint density at radius 2 is 0.744 bits per heavy atom. The molecule has 0 N–H and O–H groups in total. The van der Waals surface area contributed by atoms with Gasteiger partial charge in [-0.2, -0.15) is 0 Å². The van der Waals surface area contributed by atoms with Gasteiger partial charge in [0.15, 0.2) is 0 Å². The minimum Gasteiger partial charge on any atom is -0.457 e. The number of rotatable bonds is 10. The Bertz CT molecular complexity index is 5520. The van der Waals surface area contributed by atoms with Gasteiger partial charge >= 0.3 is 0 Å². The summed E-state index contributed by atoms with van der Waals surface area (Å²) in [6.07, 6.45) is 5.58. The maximum Gasteiger partial charge on any atom is 0.137 e. The molecule has 0 radical (unpaired) electrons. The van der Waals surface area contributed by atoms with Crippen LogP contribution < -0.4 is 4.74 Å². The quantitative estimate of drug-likeness (QED) is 0.137. The molecule has 0 aliphatic rings. The number of pyridine rings is 3. The van der Waals surface area contributed by atoms with E-state index >= 15 is 0 Å². The minimum absolute atomic E-state index is 0.729. The number of hydrogen-bond acceptors (Lipinski definition) is 4. The van der Waals surface area contributed by atoms with E-state index in [-0.39, 0.29) is 0 Å². The van der Waals surface area contributed by atoms with Crippen molar-refractivity contribution in [2.24, 2.45) is 0 Å². The molecular formula is C79H50N6O. The van der Waals surface area contributed by atoms with Gasteiger partial charge in [-0.05, 0) is 172 Å². The molecule has 0 spiro atoms. The molecule has 7 heteroatoms. The Labute approximate surface area is 495 Å². The third kappa shape index (κ3) is 8.24. The van der Waals surface area contributed by atoms with E-state index in [9.17, 15) is 0 Å². The van der Waals surface area contributed by atoms with E-state index < -0.39 is 0 Å². The molecule has 0 aliphatic heterocycles. The predicted molar refractivity (Wildman–Crippen MR) is 354 cm³/mol. The second kappa shape index (κ2) is 20.0. The molecule has 7 nitrogen and oxygen atoms in total. The average molecular weight is 1100 g/mol.